The summed E-state index contributed by atoms with van der Waals surface area (Å²) in [4.78, 5) is 16.3. The molecule has 1 amide bonds. The summed E-state index contributed by atoms with van der Waals surface area (Å²) < 4.78 is 0. The standard InChI is InChI=1S/C14H16N2OS/c1-2-6-12(11-7-4-3-5-8-11)13(17)16-14-15-9-10-18-14/h3-5,7-10,12H,2,6H2,1H3,(H,15,16,17)/t12-/m1/s1. The Bertz CT molecular complexity index is 482. The van der Waals surface area contributed by atoms with Gasteiger partial charge in [0.05, 0.1) is 5.92 Å². The van der Waals surface area contributed by atoms with Crippen molar-refractivity contribution in [3.8, 4) is 0 Å². The number of amides is 1. The zero-order chi connectivity index (χ0) is 12.8. The average Bonchev–Trinajstić information content (AvgIpc) is 2.89. The highest BCUT2D eigenvalue weighted by Crippen LogP contribution is 2.23. The van der Waals surface area contributed by atoms with Crippen molar-refractivity contribution >= 4 is 22.4 Å². The van der Waals surface area contributed by atoms with Crippen LogP contribution >= 0.6 is 11.3 Å². The Kier molecular flexibility index (Phi) is 4.47. The van der Waals surface area contributed by atoms with Gasteiger partial charge in [-0.3, -0.25) is 4.79 Å². The third kappa shape index (κ3) is 3.17. The minimum absolute atomic E-state index is 0.0259. The van der Waals surface area contributed by atoms with E-state index in [9.17, 15) is 4.79 Å². The fourth-order valence-corrected chi connectivity index (χ4v) is 2.43. The van der Waals surface area contributed by atoms with Gasteiger partial charge in [0, 0.05) is 11.6 Å². The number of rotatable bonds is 5. The molecular weight excluding hydrogens is 244 g/mol. The van der Waals surface area contributed by atoms with E-state index in [1.165, 1.54) is 11.3 Å². The molecule has 94 valence electrons. The highest BCUT2D eigenvalue weighted by Gasteiger charge is 2.20. The number of hydrogen-bond donors (Lipinski definition) is 1. The average molecular weight is 260 g/mol. The summed E-state index contributed by atoms with van der Waals surface area (Å²) in [5, 5.41) is 5.39. The van der Waals surface area contributed by atoms with Crippen molar-refractivity contribution in [2.24, 2.45) is 0 Å². The first kappa shape index (κ1) is 12.8. The lowest BCUT2D eigenvalue weighted by Gasteiger charge is -2.15. The van der Waals surface area contributed by atoms with Crippen LogP contribution < -0.4 is 5.32 Å². The van der Waals surface area contributed by atoms with Crippen LogP contribution in [0.25, 0.3) is 0 Å². The molecule has 1 aromatic heterocycles. The van der Waals surface area contributed by atoms with Crippen LogP contribution in [0, 0.1) is 0 Å². The van der Waals surface area contributed by atoms with Crippen LogP contribution in [0.5, 0.6) is 0 Å². The molecule has 1 atom stereocenters. The molecular formula is C14H16N2OS. The number of anilines is 1. The molecule has 0 radical (unpaired) electrons. The Morgan fingerprint density at radius 1 is 1.39 bits per heavy atom. The summed E-state index contributed by atoms with van der Waals surface area (Å²) in [5.41, 5.74) is 1.06. The largest absolute Gasteiger partial charge is 0.301 e. The van der Waals surface area contributed by atoms with Crippen molar-refractivity contribution < 1.29 is 4.79 Å². The van der Waals surface area contributed by atoms with E-state index in [1.54, 1.807) is 6.20 Å². The van der Waals surface area contributed by atoms with E-state index in [2.05, 4.69) is 17.2 Å². The quantitative estimate of drug-likeness (QED) is 0.891. The van der Waals surface area contributed by atoms with Crippen LogP contribution in [0.15, 0.2) is 41.9 Å². The Morgan fingerprint density at radius 2 is 2.17 bits per heavy atom. The Labute approximate surface area is 111 Å². The van der Waals surface area contributed by atoms with Gasteiger partial charge in [0.1, 0.15) is 0 Å². The molecule has 0 bridgehead atoms. The van der Waals surface area contributed by atoms with Gasteiger partial charge in [-0.15, -0.1) is 11.3 Å². The van der Waals surface area contributed by atoms with Crippen LogP contribution in [-0.2, 0) is 4.79 Å². The highest BCUT2D eigenvalue weighted by atomic mass is 32.1. The molecule has 1 N–H and O–H groups in total. The maximum Gasteiger partial charge on any atom is 0.233 e. The van der Waals surface area contributed by atoms with E-state index in [4.69, 9.17) is 0 Å². The van der Waals surface area contributed by atoms with Gasteiger partial charge < -0.3 is 5.32 Å². The second-order valence-electron chi connectivity index (χ2n) is 4.08. The fourth-order valence-electron chi connectivity index (χ4n) is 1.90. The van der Waals surface area contributed by atoms with E-state index in [-0.39, 0.29) is 11.8 Å². The molecule has 0 aliphatic heterocycles. The molecule has 0 unspecified atom stereocenters. The van der Waals surface area contributed by atoms with Gasteiger partial charge in [-0.1, -0.05) is 43.7 Å². The molecule has 1 heterocycles. The lowest BCUT2D eigenvalue weighted by Crippen LogP contribution is -2.21. The Morgan fingerprint density at radius 3 is 2.78 bits per heavy atom. The van der Waals surface area contributed by atoms with Crippen LogP contribution in [0.3, 0.4) is 0 Å². The van der Waals surface area contributed by atoms with Crippen molar-refractivity contribution in [3.05, 3.63) is 47.5 Å². The number of carbonyl (C=O) groups is 1. The molecule has 3 nitrogen and oxygen atoms in total. The molecule has 0 aliphatic rings. The number of nitrogens with one attached hydrogen (secondary N) is 1. The normalized spacial score (nSPS) is 12.1. The Balaban J connectivity index is 2.12. The van der Waals surface area contributed by atoms with E-state index < -0.39 is 0 Å². The number of thiazole rings is 1. The summed E-state index contributed by atoms with van der Waals surface area (Å²) in [6.07, 6.45) is 3.52. The minimum atomic E-state index is -0.0971. The molecule has 0 aliphatic carbocycles. The summed E-state index contributed by atoms with van der Waals surface area (Å²) in [7, 11) is 0. The van der Waals surface area contributed by atoms with Crippen LogP contribution in [0.2, 0.25) is 0 Å². The predicted molar refractivity (Wildman–Crippen MR) is 74.8 cm³/mol. The number of nitrogens with zero attached hydrogens (tertiary/aromatic N) is 1. The maximum absolute atomic E-state index is 12.3. The van der Waals surface area contributed by atoms with E-state index in [1.807, 2.05) is 35.7 Å². The van der Waals surface area contributed by atoms with Crippen LogP contribution in [-0.4, -0.2) is 10.9 Å². The summed E-state index contributed by atoms with van der Waals surface area (Å²) >= 11 is 1.44. The third-order valence-electron chi connectivity index (χ3n) is 2.76. The first-order valence-corrected chi connectivity index (χ1v) is 6.94. The number of benzene rings is 1. The van der Waals surface area contributed by atoms with Crippen molar-refractivity contribution in [2.75, 3.05) is 5.32 Å². The van der Waals surface area contributed by atoms with Gasteiger partial charge in [0.25, 0.3) is 0 Å². The van der Waals surface area contributed by atoms with Gasteiger partial charge in [-0.05, 0) is 12.0 Å². The van der Waals surface area contributed by atoms with Gasteiger partial charge in [-0.25, -0.2) is 4.98 Å². The molecule has 4 heteroatoms. The number of aromatic nitrogens is 1. The van der Waals surface area contributed by atoms with Crippen molar-refractivity contribution in [1.29, 1.82) is 0 Å². The summed E-state index contributed by atoms with van der Waals surface area (Å²) in [5.74, 6) is -0.0712. The predicted octanol–water partition coefficient (Wildman–Crippen LogP) is 3.67. The monoisotopic (exact) mass is 260 g/mol. The first-order chi connectivity index (χ1) is 8.81. The molecule has 0 saturated carbocycles. The lowest BCUT2D eigenvalue weighted by molar-refractivity contribution is -0.117. The highest BCUT2D eigenvalue weighted by molar-refractivity contribution is 7.13. The van der Waals surface area contributed by atoms with Gasteiger partial charge in [-0.2, -0.15) is 0 Å². The maximum atomic E-state index is 12.3. The second-order valence-corrected chi connectivity index (χ2v) is 4.97. The minimum Gasteiger partial charge on any atom is -0.301 e. The van der Waals surface area contributed by atoms with E-state index in [0.717, 1.165) is 18.4 Å². The third-order valence-corrected chi connectivity index (χ3v) is 3.45. The fraction of sp³-hybridized carbons (Fsp3) is 0.286. The smallest absolute Gasteiger partial charge is 0.233 e. The molecule has 18 heavy (non-hydrogen) atoms. The molecule has 2 rings (SSSR count). The molecule has 2 aromatic rings. The Hall–Kier alpha value is -1.68. The van der Waals surface area contributed by atoms with Gasteiger partial charge in [0.2, 0.25) is 5.91 Å². The second kappa shape index (κ2) is 6.31. The number of hydrogen-bond acceptors (Lipinski definition) is 3. The SMILES string of the molecule is CCC[C@@H](C(=O)Nc1nccs1)c1ccccc1. The first-order valence-electron chi connectivity index (χ1n) is 6.06. The molecule has 0 fully saturated rings. The van der Waals surface area contributed by atoms with Crippen LogP contribution in [0.1, 0.15) is 31.2 Å². The zero-order valence-corrected chi connectivity index (χ0v) is 11.1. The summed E-state index contributed by atoms with van der Waals surface area (Å²) in [6, 6.07) is 9.90. The van der Waals surface area contributed by atoms with Crippen molar-refractivity contribution in [3.63, 3.8) is 0 Å². The zero-order valence-electron chi connectivity index (χ0n) is 10.3. The van der Waals surface area contributed by atoms with E-state index >= 15 is 0 Å². The van der Waals surface area contributed by atoms with Crippen molar-refractivity contribution in [2.45, 2.75) is 25.7 Å². The van der Waals surface area contributed by atoms with Crippen LogP contribution in [0.4, 0.5) is 5.13 Å². The van der Waals surface area contributed by atoms with E-state index in [0.29, 0.717) is 5.13 Å². The van der Waals surface area contributed by atoms with Gasteiger partial charge in [0.15, 0.2) is 5.13 Å². The molecule has 0 saturated heterocycles. The lowest BCUT2D eigenvalue weighted by atomic mass is 9.94. The topological polar surface area (TPSA) is 42.0 Å². The molecule has 1 aromatic carbocycles. The molecule has 0 spiro atoms. The van der Waals surface area contributed by atoms with Crippen molar-refractivity contribution in [1.82, 2.24) is 4.98 Å². The number of carbonyl (C=O) groups excluding carboxylic acids is 1. The van der Waals surface area contributed by atoms with Gasteiger partial charge >= 0.3 is 0 Å². The summed E-state index contributed by atoms with van der Waals surface area (Å²) in [6.45, 7) is 2.09.